The van der Waals surface area contributed by atoms with Crippen LogP contribution < -0.4 is 14.8 Å². The van der Waals surface area contributed by atoms with Crippen molar-refractivity contribution in [3.8, 4) is 11.5 Å². The second kappa shape index (κ2) is 6.26. The van der Waals surface area contributed by atoms with Crippen LogP contribution in [0.2, 0.25) is 0 Å². The molecule has 0 atom stereocenters. The first-order valence-electron chi connectivity index (χ1n) is 6.20. The molecule has 1 fully saturated rings. The standard InChI is InChI=1S/C13H18N2O3/c1-2-17-11-3-5-12(6-4-11)18-13(16)15-9-7-14-8-10-15/h3-6,14H,2,7-10H2,1H3. The molecule has 98 valence electrons. The summed E-state index contributed by atoms with van der Waals surface area (Å²) in [6.07, 6.45) is -0.291. The predicted octanol–water partition coefficient (Wildman–Crippen LogP) is 1.49. The van der Waals surface area contributed by atoms with Gasteiger partial charge in [0.25, 0.3) is 0 Å². The maximum absolute atomic E-state index is 11.8. The van der Waals surface area contributed by atoms with Crippen molar-refractivity contribution in [2.45, 2.75) is 6.92 Å². The Bertz CT molecular complexity index is 386. The molecule has 0 unspecified atom stereocenters. The summed E-state index contributed by atoms with van der Waals surface area (Å²) in [6.45, 7) is 5.57. The Kier molecular flexibility index (Phi) is 4.41. The van der Waals surface area contributed by atoms with E-state index >= 15 is 0 Å². The van der Waals surface area contributed by atoms with Crippen molar-refractivity contribution < 1.29 is 14.3 Å². The highest BCUT2D eigenvalue weighted by Crippen LogP contribution is 2.18. The summed E-state index contributed by atoms with van der Waals surface area (Å²) < 4.78 is 10.6. The first-order valence-corrected chi connectivity index (χ1v) is 6.20. The first-order chi connectivity index (χ1) is 8.79. The molecule has 0 aromatic heterocycles. The van der Waals surface area contributed by atoms with Crippen LogP contribution in [0.5, 0.6) is 11.5 Å². The van der Waals surface area contributed by atoms with Gasteiger partial charge in [0.05, 0.1) is 6.61 Å². The van der Waals surface area contributed by atoms with E-state index in [9.17, 15) is 4.79 Å². The van der Waals surface area contributed by atoms with E-state index in [2.05, 4.69) is 5.32 Å². The molecule has 0 aliphatic carbocycles. The Morgan fingerprint density at radius 3 is 2.44 bits per heavy atom. The fourth-order valence-corrected chi connectivity index (χ4v) is 1.78. The largest absolute Gasteiger partial charge is 0.494 e. The third kappa shape index (κ3) is 3.37. The van der Waals surface area contributed by atoms with Gasteiger partial charge in [-0.3, -0.25) is 0 Å². The minimum absolute atomic E-state index is 0.291. The zero-order chi connectivity index (χ0) is 12.8. The van der Waals surface area contributed by atoms with Gasteiger partial charge in [-0.05, 0) is 31.2 Å². The Morgan fingerprint density at radius 2 is 1.83 bits per heavy atom. The van der Waals surface area contributed by atoms with E-state index in [-0.39, 0.29) is 6.09 Å². The molecule has 1 aliphatic rings. The molecule has 1 N–H and O–H groups in total. The SMILES string of the molecule is CCOc1ccc(OC(=O)N2CCNCC2)cc1. The van der Waals surface area contributed by atoms with Crippen LogP contribution in [0.25, 0.3) is 0 Å². The lowest BCUT2D eigenvalue weighted by Gasteiger charge is -2.26. The molecule has 1 heterocycles. The number of carbonyl (C=O) groups excluding carboxylic acids is 1. The summed E-state index contributed by atoms with van der Waals surface area (Å²) in [5.74, 6) is 1.32. The Labute approximate surface area is 107 Å². The maximum Gasteiger partial charge on any atom is 0.415 e. The molecular formula is C13H18N2O3. The number of benzene rings is 1. The zero-order valence-electron chi connectivity index (χ0n) is 10.5. The highest BCUT2D eigenvalue weighted by Gasteiger charge is 2.17. The fourth-order valence-electron chi connectivity index (χ4n) is 1.78. The number of amides is 1. The van der Waals surface area contributed by atoms with Crippen LogP contribution >= 0.6 is 0 Å². The van der Waals surface area contributed by atoms with Gasteiger partial charge in [0.1, 0.15) is 11.5 Å². The Balaban J connectivity index is 1.89. The van der Waals surface area contributed by atoms with Gasteiger partial charge in [-0.2, -0.15) is 0 Å². The van der Waals surface area contributed by atoms with E-state index in [1.807, 2.05) is 6.92 Å². The molecule has 0 spiro atoms. The van der Waals surface area contributed by atoms with Crippen LogP contribution in [0, 0.1) is 0 Å². The number of nitrogens with zero attached hydrogens (tertiary/aromatic N) is 1. The summed E-state index contributed by atoms with van der Waals surface area (Å²) in [4.78, 5) is 13.5. The highest BCUT2D eigenvalue weighted by atomic mass is 16.6. The van der Waals surface area contributed by atoms with Crippen molar-refractivity contribution in [2.24, 2.45) is 0 Å². The number of ether oxygens (including phenoxy) is 2. The molecule has 0 radical (unpaired) electrons. The van der Waals surface area contributed by atoms with Gasteiger partial charge >= 0.3 is 6.09 Å². The third-order valence-electron chi connectivity index (χ3n) is 2.72. The minimum atomic E-state index is -0.291. The molecule has 1 saturated heterocycles. The van der Waals surface area contributed by atoms with Gasteiger partial charge in [-0.15, -0.1) is 0 Å². The molecule has 0 bridgehead atoms. The topological polar surface area (TPSA) is 50.8 Å². The van der Waals surface area contributed by atoms with Crippen molar-refractivity contribution in [2.75, 3.05) is 32.8 Å². The smallest absolute Gasteiger partial charge is 0.415 e. The average molecular weight is 250 g/mol. The average Bonchev–Trinajstić information content (AvgIpc) is 2.42. The second-order valence-electron chi connectivity index (χ2n) is 4.01. The molecule has 1 amide bonds. The van der Waals surface area contributed by atoms with Gasteiger partial charge < -0.3 is 19.7 Å². The monoisotopic (exact) mass is 250 g/mol. The van der Waals surface area contributed by atoms with Crippen molar-refractivity contribution in [3.63, 3.8) is 0 Å². The lowest BCUT2D eigenvalue weighted by molar-refractivity contribution is 0.146. The second-order valence-corrected chi connectivity index (χ2v) is 4.01. The number of hydrogen-bond acceptors (Lipinski definition) is 4. The third-order valence-corrected chi connectivity index (χ3v) is 2.72. The normalized spacial score (nSPS) is 15.3. The van der Waals surface area contributed by atoms with Crippen LogP contribution in [-0.4, -0.2) is 43.8 Å². The first kappa shape index (κ1) is 12.7. The van der Waals surface area contributed by atoms with E-state index in [1.54, 1.807) is 29.2 Å². The van der Waals surface area contributed by atoms with Crippen LogP contribution in [0.4, 0.5) is 4.79 Å². The summed E-state index contributed by atoms with van der Waals surface area (Å²) in [5, 5.41) is 3.19. The van der Waals surface area contributed by atoms with Crippen molar-refractivity contribution in [1.29, 1.82) is 0 Å². The van der Waals surface area contributed by atoms with Crippen molar-refractivity contribution in [3.05, 3.63) is 24.3 Å². The molecule has 1 aromatic rings. The number of carbonyl (C=O) groups is 1. The molecule has 0 saturated carbocycles. The van der Waals surface area contributed by atoms with E-state index in [4.69, 9.17) is 9.47 Å². The predicted molar refractivity (Wildman–Crippen MR) is 68.1 cm³/mol. The maximum atomic E-state index is 11.8. The quantitative estimate of drug-likeness (QED) is 0.883. The van der Waals surface area contributed by atoms with Crippen molar-refractivity contribution >= 4 is 6.09 Å². The van der Waals surface area contributed by atoms with Gasteiger partial charge in [0.2, 0.25) is 0 Å². The van der Waals surface area contributed by atoms with Gasteiger partial charge in [0.15, 0.2) is 0 Å². The van der Waals surface area contributed by atoms with Crippen LogP contribution in [-0.2, 0) is 0 Å². The van der Waals surface area contributed by atoms with E-state index < -0.39 is 0 Å². The molecular weight excluding hydrogens is 232 g/mol. The molecule has 5 nitrogen and oxygen atoms in total. The summed E-state index contributed by atoms with van der Waals surface area (Å²) in [5.41, 5.74) is 0. The fraction of sp³-hybridized carbons (Fsp3) is 0.462. The zero-order valence-corrected chi connectivity index (χ0v) is 10.5. The lowest BCUT2D eigenvalue weighted by atomic mass is 10.3. The highest BCUT2D eigenvalue weighted by molar-refractivity contribution is 5.70. The molecule has 18 heavy (non-hydrogen) atoms. The van der Waals surface area contributed by atoms with Gasteiger partial charge in [-0.1, -0.05) is 0 Å². The summed E-state index contributed by atoms with van der Waals surface area (Å²) in [7, 11) is 0. The number of hydrogen-bond donors (Lipinski definition) is 1. The summed E-state index contributed by atoms with van der Waals surface area (Å²) >= 11 is 0. The number of nitrogens with one attached hydrogen (secondary N) is 1. The number of piperazine rings is 1. The summed E-state index contributed by atoms with van der Waals surface area (Å²) in [6, 6.07) is 7.07. The van der Waals surface area contributed by atoms with E-state index in [0.29, 0.717) is 25.4 Å². The van der Waals surface area contributed by atoms with Crippen LogP contribution in [0.15, 0.2) is 24.3 Å². The van der Waals surface area contributed by atoms with Crippen LogP contribution in [0.3, 0.4) is 0 Å². The molecule has 1 aliphatic heterocycles. The van der Waals surface area contributed by atoms with Gasteiger partial charge in [-0.25, -0.2) is 4.79 Å². The molecule has 2 rings (SSSR count). The van der Waals surface area contributed by atoms with Gasteiger partial charge in [0, 0.05) is 26.2 Å². The van der Waals surface area contributed by atoms with Crippen molar-refractivity contribution in [1.82, 2.24) is 10.2 Å². The Morgan fingerprint density at radius 1 is 1.22 bits per heavy atom. The number of rotatable bonds is 3. The van der Waals surface area contributed by atoms with E-state index in [0.717, 1.165) is 18.8 Å². The molecule has 1 aromatic carbocycles. The van der Waals surface area contributed by atoms with E-state index in [1.165, 1.54) is 0 Å². The lowest BCUT2D eigenvalue weighted by Crippen LogP contribution is -2.47. The van der Waals surface area contributed by atoms with Crippen LogP contribution in [0.1, 0.15) is 6.92 Å². The minimum Gasteiger partial charge on any atom is -0.494 e. The molecule has 5 heteroatoms. The Hall–Kier alpha value is -1.75.